The van der Waals surface area contributed by atoms with Gasteiger partial charge in [0, 0.05) is 0 Å². The lowest BCUT2D eigenvalue weighted by Gasteiger charge is -2.32. The molecule has 0 aromatic rings. The molecule has 0 N–H and O–H groups in total. The summed E-state index contributed by atoms with van der Waals surface area (Å²) in [5.41, 5.74) is 1.96. The molecule has 0 heterocycles. The summed E-state index contributed by atoms with van der Waals surface area (Å²) in [4.78, 5) is 0. The van der Waals surface area contributed by atoms with Crippen LogP contribution >= 0.6 is 0 Å². The molecule has 4 bridgehead atoms. The van der Waals surface area contributed by atoms with Gasteiger partial charge in [-0.3, -0.25) is 0 Å². The maximum absolute atomic E-state index is 2.56. The topological polar surface area (TPSA) is 0 Å². The Morgan fingerprint density at radius 3 is 1.71 bits per heavy atom. The molecule has 92 valence electrons. The van der Waals surface area contributed by atoms with Crippen LogP contribution in [-0.2, 0) is 0 Å². The molecule has 0 aliphatic heterocycles. The average molecular weight is 228 g/mol. The van der Waals surface area contributed by atoms with Gasteiger partial charge < -0.3 is 0 Å². The predicted octanol–water partition coefficient (Wildman–Crippen LogP) is 4.27. The van der Waals surface area contributed by atoms with E-state index in [1.165, 1.54) is 0 Å². The molecule has 0 radical (unpaired) electrons. The van der Waals surface area contributed by atoms with Crippen LogP contribution in [-0.4, -0.2) is 0 Å². The van der Waals surface area contributed by atoms with Gasteiger partial charge in [0.1, 0.15) is 0 Å². The van der Waals surface area contributed by atoms with Crippen molar-refractivity contribution in [1.82, 2.24) is 0 Å². The van der Waals surface area contributed by atoms with Crippen LogP contribution in [0.1, 0.15) is 45.4 Å². The fourth-order valence-corrected chi connectivity index (χ4v) is 7.38. The van der Waals surface area contributed by atoms with E-state index in [2.05, 4.69) is 13.0 Å². The number of rotatable bonds is 0. The van der Waals surface area contributed by atoms with E-state index in [0.717, 1.165) is 47.3 Å². The highest BCUT2D eigenvalue weighted by atomic mass is 14.7. The summed E-state index contributed by atoms with van der Waals surface area (Å²) < 4.78 is 0. The van der Waals surface area contributed by atoms with Crippen molar-refractivity contribution in [1.29, 1.82) is 0 Å². The molecule has 0 amide bonds. The SMILES string of the molecule is CC=C1C2C(C3C1[C@H]1CC[C@@H]3C1)[C@@H]1CC[C@H]2C1. The Labute approximate surface area is 105 Å². The van der Waals surface area contributed by atoms with Gasteiger partial charge in [-0.25, -0.2) is 0 Å². The summed E-state index contributed by atoms with van der Waals surface area (Å²) in [6.45, 7) is 2.34. The minimum atomic E-state index is 1.07. The predicted molar refractivity (Wildman–Crippen MR) is 69.4 cm³/mol. The quantitative estimate of drug-likeness (QED) is 0.543. The zero-order valence-electron chi connectivity index (χ0n) is 10.9. The summed E-state index contributed by atoms with van der Waals surface area (Å²) in [6.07, 6.45) is 12.1. The van der Waals surface area contributed by atoms with Crippen LogP contribution in [0.4, 0.5) is 0 Å². The lowest BCUT2D eigenvalue weighted by Crippen LogP contribution is -2.27. The van der Waals surface area contributed by atoms with Gasteiger partial charge in [0.2, 0.25) is 0 Å². The molecular weight excluding hydrogens is 204 g/mol. The second kappa shape index (κ2) is 3.00. The van der Waals surface area contributed by atoms with Crippen LogP contribution in [0, 0.1) is 47.3 Å². The Balaban J connectivity index is 1.64. The first-order valence-corrected chi connectivity index (χ1v) is 8.04. The molecule has 5 saturated carbocycles. The van der Waals surface area contributed by atoms with E-state index in [1.54, 1.807) is 38.5 Å². The zero-order chi connectivity index (χ0) is 11.1. The third-order valence-electron chi connectivity index (χ3n) is 7.51. The summed E-state index contributed by atoms with van der Waals surface area (Å²) >= 11 is 0. The number of allylic oxidation sites excluding steroid dienone is 2. The van der Waals surface area contributed by atoms with Gasteiger partial charge in [0.05, 0.1) is 0 Å². The van der Waals surface area contributed by atoms with Crippen molar-refractivity contribution < 1.29 is 0 Å². The zero-order valence-corrected chi connectivity index (χ0v) is 10.9. The van der Waals surface area contributed by atoms with E-state index in [0.29, 0.717) is 0 Å². The first-order chi connectivity index (χ1) is 8.38. The smallest absolute Gasteiger partial charge is 0.0138 e. The fourth-order valence-electron chi connectivity index (χ4n) is 7.38. The minimum Gasteiger partial charge on any atom is -0.0879 e. The van der Waals surface area contributed by atoms with E-state index in [1.807, 2.05) is 5.57 Å². The van der Waals surface area contributed by atoms with Gasteiger partial charge in [-0.2, -0.15) is 0 Å². The highest BCUT2D eigenvalue weighted by Gasteiger charge is 2.65. The fraction of sp³-hybridized carbons (Fsp3) is 0.882. The van der Waals surface area contributed by atoms with Crippen molar-refractivity contribution >= 4 is 0 Å². The van der Waals surface area contributed by atoms with Crippen LogP contribution in [0.15, 0.2) is 11.6 Å². The number of hydrogen-bond acceptors (Lipinski definition) is 0. The first-order valence-electron chi connectivity index (χ1n) is 8.04. The molecule has 5 aliphatic carbocycles. The Morgan fingerprint density at radius 2 is 1.24 bits per heavy atom. The lowest BCUT2D eigenvalue weighted by atomic mass is 9.72. The van der Waals surface area contributed by atoms with Crippen LogP contribution in [0.5, 0.6) is 0 Å². The monoisotopic (exact) mass is 228 g/mol. The Hall–Kier alpha value is -0.260. The van der Waals surface area contributed by atoms with Crippen molar-refractivity contribution in [2.24, 2.45) is 47.3 Å². The van der Waals surface area contributed by atoms with E-state index < -0.39 is 0 Å². The summed E-state index contributed by atoms with van der Waals surface area (Å²) in [7, 11) is 0. The second-order valence-corrected chi connectivity index (χ2v) is 7.66. The summed E-state index contributed by atoms with van der Waals surface area (Å²) in [5, 5.41) is 0. The largest absolute Gasteiger partial charge is 0.0879 e. The van der Waals surface area contributed by atoms with Crippen molar-refractivity contribution in [3.05, 3.63) is 11.6 Å². The van der Waals surface area contributed by atoms with E-state index in [9.17, 15) is 0 Å². The molecule has 0 spiro atoms. The molecule has 0 heteroatoms. The van der Waals surface area contributed by atoms with Gasteiger partial charge in [0.25, 0.3) is 0 Å². The van der Waals surface area contributed by atoms with Gasteiger partial charge in [-0.05, 0) is 92.8 Å². The van der Waals surface area contributed by atoms with E-state index in [-0.39, 0.29) is 0 Å². The molecule has 4 unspecified atom stereocenters. The highest BCUT2D eigenvalue weighted by molar-refractivity contribution is 5.30. The van der Waals surface area contributed by atoms with Gasteiger partial charge in [0.15, 0.2) is 0 Å². The third kappa shape index (κ3) is 0.956. The molecule has 0 aromatic heterocycles. The molecule has 5 fully saturated rings. The maximum Gasteiger partial charge on any atom is -0.0138 e. The van der Waals surface area contributed by atoms with E-state index in [4.69, 9.17) is 0 Å². The van der Waals surface area contributed by atoms with Crippen molar-refractivity contribution in [3.63, 3.8) is 0 Å². The molecule has 5 aliphatic rings. The molecular formula is C17H24. The van der Waals surface area contributed by atoms with Gasteiger partial charge >= 0.3 is 0 Å². The van der Waals surface area contributed by atoms with Crippen LogP contribution in [0.3, 0.4) is 0 Å². The Morgan fingerprint density at radius 1 is 0.765 bits per heavy atom. The molecule has 0 nitrogen and oxygen atoms in total. The minimum absolute atomic E-state index is 1.07. The summed E-state index contributed by atoms with van der Waals surface area (Å²) in [5.74, 6) is 8.96. The Kier molecular flexibility index (Phi) is 1.70. The molecule has 0 saturated heterocycles. The third-order valence-corrected chi connectivity index (χ3v) is 7.51. The van der Waals surface area contributed by atoms with Crippen LogP contribution in [0.2, 0.25) is 0 Å². The lowest BCUT2D eigenvalue weighted by molar-refractivity contribution is 0.153. The molecule has 5 rings (SSSR count). The van der Waals surface area contributed by atoms with E-state index >= 15 is 0 Å². The van der Waals surface area contributed by atoms with Crippen molar-refractivity contribution in [2.45, 2.75) is 45.4 Å². The van der Waals surface area contributed by atoms with Gasteiger partial charge in [-0.15, -0.1) is 0 Å². The second-order valence-electron chi connectivity index (χ2n) is 7.66. The normalized spacial score (nSPS) is 62.1. The van der Waals surface area contributed by atoms with Crippen LogP contribution < -0.4 is 0 Å². The first kappa shape index (κ1) is 9.64. The van der Waals surface area contributed by atoms with Crippen LogP contribution in [0.25, 0.3) is 0 Å². The molecule has 0 aromatic carbocycles. The highest BCUT2D eigenvalue weighted by Crippen LogP contribution is 2.72. The number of fused-ring (bicyclic) bond motifs is 11. The maximum atomic E-state index is 2.56. The molecule has 8 atom stereocenters. The number of hydrogen-bond donors (Lipinski definition) is 0. The average Bonchev–Trinajstić information content (AvgIpc) is 3.11. The van der Waals surface area contributed by atoms with Crippen molar-refractivity contribution in [3.8, 4) is 0 Å². The Bertz CT molecular complexity index is 359. The molecule has 17 heavy (non-hydrogen) atoms. The summed E-state index contributed by atoms with van der Waals surface area (Å²) in [6, 6.07) is 0. The van der Waals surface area contributed by atoms with Crippen molar-refractivity contribution in [2.75, 3.05) is 0 Å². The van der Waals surface area contributed by atoms with Gasteiger partial charge in [-0.1, -0.05) is 11.6 Å². The standard InChI is InChI=1S/C17H24/c1-2-13-14-9-3-5-11(7-9)16(14)17-12-6-4-10(8-12)15(13)17/h2,9-12,14-17H,3-8H2,1H3/t9-,10-,11+,12+,14?,15?,16?,17?/m0/s1.